The van der Waals surface area contributed by atoms with E-state index in [0.717, 1.165) is 29.5 Å². The maximum absolute atomic E-state index is 13.6. The number of ether oxygens (including phenoxy) is 3. The number of anilines is 2. The highest BCUT2D eigenvalue weighted by atomic mass is 35.5. The van der Waals surface area contributed by atoms with E-state index in [4.69, 9.17) is 25.8 Å². The van der Waals surface area contributed by atoms with Crippen LogP contribution in [-0.2, 0) is 9.53 Å². The normalized spacial score (nSPS) is 10.6. The Balaban J connectivity index is 1.45. The minimum Gasteiger partial charge on any atom is -0.495 e. The van der Waals surface area contributed by atoms with E-state index in [0.29, 0.717) is 65.1 Å². The summed E-state index contributed by atoms with van der Waals surface area (Å²) in [5.41, 5.74) is 4.74. The molecule has 8 nitrogen and oxygen atoms in total. The predicted molar refractivity (Wildman–Crippen MR) is 182 cm³/mol. The quantitative estimate of drug-likeness (QED) is 0.110. The van der Waals surface area contributed by atoms with Gasteiger partial charge in [0.1, 0.15) is 11.5 Å². The molecule has 0 fully saturated rings. The number of nitrogens with one attached hydrogen (secondary N) is 1. The van der Waals surface area contributed by atoms with Gasteiger partial charge in [-0.3, -0.25) is 14.4 Å². The maximum atomic E-state index is 13.6. The standard InChI is InChI=1S/C37H39ClN2O6/c1-5-45-35(41)13-7-6-10-22-46-34-24-28(38)19-21-32(34)40(3)37(43)27-18-20-31(33(23-27)44-4)39-36(42)30-12-9-8-11-29(30)26-16-14-25(2)15-17-26/h8-9,11-12,14-21,23-24H,5-7,10,13,22H2,1-4H3,(H,39,42). The van der Waals surface area contributed by atoms with Crippen molar-refractivity contribution >= 4 is 40.8 Å². The first-order valence-corrected chi connectivity index (χ1v) is 15.6. The number of amides is 2. The van der Waals surface area contributed by atoms with Crippen LogP contribution in [0.2, 0.25) is 5.02 Å². The van der Waals surface area contributed by atoms with E-state index >= 15 is 0 Å². The van der Waals surface area contributed by atoms with Crippen LogP contribution in [0, 0.1) is 6.92 Å². The summed E-state index contributed by atoms with van der Waals surface area (Å²) in [6.45, 7) is 4.58. The number of halogens is 1. The number of rotatable bonds is 14. The fourth-order valence-corrected chi connectivity index (χ4v) is 5.09. The third-order valence-electron chi connectivity index (χ3n) is 7.41. The SMILES string of the molecule is CCOC(=O)CCCCCOc1cc(Cl)ccc1N(C)C(=O)c1ccc(NC(=O)c2ccccc2-c2ccc(C)cc2)c(OC)c1. The molecule has 1 N–H and O–H groups in total. The lowest BCUT2D eigenvalue weighted by Gasteiger charge is -2.22. The number of unbranched alkanes of at least 4 members (excludes halogenated alkanes) is 2. The number of carbonyl (C=O) groups excluding carboxylic acids is 3. The highest BCUT2D eigenvalue weighted by Gasteiger charge is 2.21. The molecule has 0 unspecified atom stereocenters. The molecule has 4 aromatic carbocycles. The molecule has 0 aromatic heterocycles. The number of aryl methyl sites for hydroxylation is 1. The molecule has 240 valence electrons. The van der Waals surface area contributed by atoms with E-state index < -0.39 is 0 Å². The van der Waals surface area contributed by atoms with Crippen LogP contribution in [0.15, 0.2) is 84.9 Å². The van der Waals surface area contributed by atoms with Crippen LogP contribution in [0.4, 0.5) is 11.4 Å². The lowest BCUT2D eigenvalue weighted by Crippen LogP contribution is -2.27. The second-order valence-corrected chi connectivity index (χ2v) is 11.2. The van der Waals surface area contributed by atoms with E-state index in [2.05, 4.69) is 5.32 Å². The molecule has 0 bridgehead atoms. The van der Waals surface area contributed by atoms with E-state index in [1.807, 2.05) is 49.4 Å². The number of methoxy groups -OCH3 is 1. The molecule has 9 heteroatoms. The van der Waals surface area contributed by atoms with Gasteiger partial charge in [-0.25, -0.2) is 0 Å². The van der Waals surface area contributed by atoms with Gasteiger partial charge < -0.3 is 24.4 Å². The van der Waals surface area contributed by atoms with Gasteiger partial charge in [0.2, 0.25) is 0 Å². The highest BCUT2D eigenvalue weighted by molar-refractivity contribution is 6.30. The van der Waals surface area contributed by atoms with Crippen molar-refractivity contribution in [1.82, 2.24) is 0 Å². The molecule has 0 saturated heterocycles. The zero-order valence-electron chi connectivity index (χ0n) is 26.6. The molecule has 0 radical (unpaired) electrons. The van der Waals surface area contributed by atoms with Crippen LogP contribution in [0.3, 0.4) is 0 Å². The Labute approximate surface area is 275 Å². The Morgan fingerprint density at radius 1 is 0.870 bits per heavy atom. The van der Waals surface area contributed by atoms with Crippen molar-refractivity contribution < 1.29 is 28.6 Å². The molecule has 0 saturated carbocycles. The van der Waals surface area contributed by atoms with E-state index in [1.165, 1.54) is 12.0 Å². The van der Waals surface area contributed by atoms with Crippen LogP contribution in [0.5, 0.6) is 11.5 Å². The molecule has 0 aliphatic heterocycles. The summed E-state index contributed by atoms with van der Waals surface area (Å²) in [7, 11) is 3.14. The lowest BCUT2D eigenvalue weighted by atomic mass is 9.98. The second kappa shape index (κ2) is 16.5. The first-order chi connectivity index (χ1) is 22.2. The van der Waals surface area contributed by atoms with Crippen LogP contribution >= 0.6 is 11.6 Å². The van der Waals surface area contributed by atoms with Gasteiger partial charge in [-0.15, -0.1) is 0 Å². The van der Waals surface area contributed by atoms with Crippen molar-refractivity contribution in [3.05, 3.63) is 107 Å². The molecule has 4 aromatic rings. The molecular weight excluding hydrogens is 604 g/mol. The van der Waals surface area contributed by atoms with E-state index in [1.54, 1.807) is 56.4 Å². The summed E-state index contributed by atoms with van der Waals surface area (Å²) in [5.74, 6) is 0.0147. The van der Waals surface area contributed by atoms with Crippen molar-refractivity contribution in [2.75, 3.05) is 37.6 Å². The Morgan fingerprint density at radius 3 is 2.37 bits per heavy atom. The Morgan fingerprint density at radius 2 is 1.63 bits per heavy atom. The topological polar surface area (TPSA) is 94.2 Å². The van der Waals surface area contributed by atoms with Crippen LogP contribution in [0.25, 0.3) is 11.1 Å². The van der Waals surface area contributed by atoms with Crippen molar-refractivity contribution in [2.24, 2.45) is 0 Å². The summed E-state index contributed by atoms with van der Waals surface area (Å²) in [6, 6.07) is 25.4. The summed E-state index contributed by atoms with van der Waals surface area (Å²) < 4.78 is 16.6. The van der Waals surface area contributed by atoms with Crippen LogP contribution in [0.1, 0.15) is 58.9 Å². The fourth-order valence-electron chi connectivity index (χ4n) is 4.93. The van der Waals surface area contributed by atoms with Gasteiger partial charge in [0.15, 0.2) is 0 Å². The van der Waals surface area contributed by atoms with Gasteiger partial charge in [0, 0.05) is 35.7 Å². The Hall–Kier alpha value is -4.82. The molecule has 46 heavy (non-hydrogen) atoms. The number of carbonyl (C=O) groups is 3. The van der Waals surface area contributed by atoms with Gasteiger partial charge in [0.25, 0.3) is 11.8 Å². The smallest absolute Gasteiger partial charge is 0.305 e. The number of hydrogen-bond donors (Lipinski definition) is 1. The first kappa shape index (κ1) is 34.1. The van der Waals surface area contributed by atoms with Crippen molar-refractivity contribution in [2.45, 2.75) is 39.5 Å². The van der Waals surface area contributed by atoms with Gasteiger partial charge in [-0.2, -0.15) is 0 Å². The summed E-state index contributed by atoms with van der Waals surface area (Å²) in [5, 5.41) is 3.42. The molecule has 2 amide bonds. The van der Waals surface area contributed by atoms with E-state index in [9.17, 15) is 14.4 Å². The monoisotopic (exact) mass is 642 g/mol. The molecule has 0 aliphatic carbocycles. The van der Waals surface area contributed by atoms with Crippen molar-refractivity contribution in [3.8, 4) is 22.6 Å². The summed E-state index contributed by atoms with van der Waals surface area (Å²) >= 11 is 6.25. The maximum Gasteiger partial charge on any atom is 0.305 e. The second-order valence-electron chi connectivity index (χ2n) is 10.7. The minimum atomic E-state index is -0.303. The largest absolute Gasteiger partial charge is 0.495 e. The summed E-state index contributed by atoms with van der Waals surface area (Å²) in [4.78, 5) is 40.1. The molecule has 0 atom stereocenters. The Kier molecular flexibility index (Phi) is 12.2. The Bertz CT molecular complexity index is 1670. The minimum absolute atomic E-state index is 0.198. The summed E-state index contributed by atoms with van der Waals surface area (Å²) in [6.07, 6.45) is 2.60. The highest BCUT2D eigenvalue weighted by Crippen LogP contribution is 2.34. The third-order valence-corrected chi connectivity index (χ3v) is 7.64. The van der Waals surface area contributed by atoms with Crippen molar-refractivity contribution in [1.29, 1.82) is 0 Å². The number of esters is 1. The van der Waals surface area contributed by atoms with Crippen molar-refractivity contribution in [3.63, 3.8) is 0 Å². The zero-order valence-corrected chi connectivity index (χ0v) is 27.4. The molecule has 0 spiro atoms. The average Bonchev–Trinajstić information content (AvgIpc) is 3.06. The molecular formula is C37H39ClN2O6. The van der Waals surface area contributed by atoms with Gasteiger partial charge >= 0.3 is 5.97 Å². The number of benzene rings is 4. The molecule has 0 heterocycles. The number of nitrogens with zero attached hydrogens (tertiary/aromatic N) is 1. The van der Waals surface area contributed by atoms with Gasteiger partial charge in [-0.1, -0.05) is 59.6 Å². The fraction of sp³-hybridized carbons (Fsp3) is 0.270. The molecule has 0 aliphatic rings. The third kappa shape index (κ3) is 8.88. The van der Waals surface area contributed by atoms with Crippen LogP contribution in [-0.4, -0.2) is 45.2 Å². The average molecular weight is 643 g/mol. The van der Waals surface area contributed by atoms with Crippen LogP contribution < -0.4 is 19.7 Å². The lowest BCUT2D eigenvalue weighted by molar-refractivity contribution is -0.143. The number of hydrogen-bond acceptors (Lipinski definition) is 6. The first-order valence-electron chi connectivity index (χ1n) is 15.2. The molecule has 4 rings (SSSR count). The van der Waals surface area contributed by atoms with Gasteiger partial charge in [0.05, 0.1) is 31.7 Å². The predicted octanol–water partition coefficient (Wildman–Crippen LogP) is 8.36. The van der Waals surface area contributed by atoms with Gasteiger partial charge in [-0.05, 0) is 80.6 Å². The van der Waals surface area contributed by atoms with E-state index in [-0.39, 0.29) is 17.8 Å². The zero-order chi connectivity index (χ0) is 33.1.